The second-order valence-electron chi connectivity index (χ2n) is 10.1. The van der Waals surface area contributed by atoms with E-state index in [-0.39, 0.29) is 16.7 Å². The van der Waals surface area contributed by atoms with Crippen molar-refractivity contribution < 1.29 is 24.5 Å². The lowest BCUT2D eigenvalue weighted by Gasteiger charge is -2.40. The molecule has 0 aliphatic carbocycles. The number of Topliss-reactive ketones (excluding diaryl/α,β-unsaturated/α-hetero) is 1. The summed E-state index contributed by atoms with van der Waals surface area (Å²) >= 11 is 0. The predicted octanol–water partition coefficient (Wildman–Crippen LogP) is 5.30. The molecular formula is C27H38O5. The molecule has 2 aromatic carbocycles. The van der Waals surface area contributed by atoms with Gasteiger partial charge in [0.25, 0.3) is 5.78 Å². The van der Waals surface area contributed by atoms with Crippen LogP contribution in [0.15, 0.2) is 60.7 Å². The van der Waals surface area contributed by atoms with Crippen molar-refractivity contribution in [2.45, 2.75) is 67.1 Å². The van der Waals surface area contributed by atoms with Crippen molar-refractivity contribution in [1.82, 2.24) is 0 Å². The summed E-state index contributed by atoms with van der Waals surface area (Å²) in [6.07, 6.45) is -0.120. The molecule has 32 heavy (non-hydrogen) atoms. The first-order valence-electron chi connectivity index (χ1n) is 11.0. The van der Waals surface area contributed by atoms with Gasteiger partial charge in [0.05, 0.1) is 12.2 Å². The molecule has 0 radical (unpaired) electrons. The van der Waals surface area contributed by atoms with Crippen LogP contribution in [0.2, 0.25) is 0 Å². The van der Waals surface area contributed by atoms with Gasteiger partial charge in [-0.1, -0.05) is 97.0 Å². The van der Waals surface area contributed by atoms with Gasteiger partial charge in [-0.3, -0.25) is 4.79 Å². The van der Waals surface area contributed by atoms with Crippen LogP contribution in [0.3, 0.4) is 0 Å². The summed E-state index contributed by atoms with van der Waals surface area (Å²) in [5.74, 6) is -1.20. The van der Waals surface area contributed by atoms with Crippen LogP contribution >= 0.6 is 0 Å². The maximum atomic E-state index is 11.7. The molecule has 2 atom stereocenters. The maximum absolute atomic E-state index is 11.7. The van der Waals surface area contributed by atoms with Gasteiger partial charge in [0.2, 0.25) is 0 Å². The third kappa shape index (κ3) is 8.56. The molecule has 0 amide bonds. The van der Waals surface area contributed by atoms with Gasteiger partial charge in [-0.05, 0) is 29.4 Å². The molecule has 2 N–H and O–H groups in total. The lowest BCUT2D eigenvalue weighted by atomic mass is 9.71. The van der Waals surface area contributed by atoms with E-state index in [1.807, 2.05) is 48.5 Å². The largest absolute Gasteiger partial charge is 0.421 e. The standard InChI is InChI=1S/C14H10O3.C13H28O2/c15-13(11-7-3-1-4-8-11)14(16)17-12-9-5-2-6-10-12;1-8-9(10(14)12(2,3)4)11(15)13(5,6)7/h1-10H;9-11,14-15H,8H2,1-7H3. The number of esters is 1. The highest BCUT2D eigenvalue weighted by Gasteiger charge is 2.38. The third-order valence-electron chi connectivity index (χ3n) is 5.23. The Morgan fingerprint density at radius 2 is 1.19 bits per heavy atom. The number of benzene rings is 2. The number of carbonyl (C=O) groups excluding carboxylic acids is 2. The first-order chi connectivity index (χ1) is 14.8. The molecule has 5 heteroatoms. The van der Waals surface area contributed by atoms with E-state index < -0.39 is 24.0 Å². The highest BCUT2D eigenvalue weighted by atomic mass is 16.5. The van der Waals surface area contributed by atoms with Gasteiger partial charge >= 0.3 is 5.97 Å². The van der Waals surface area contributed by atoms with Crippen LogP contribution in [0.5, 0.6) is 5.75 Å². The zero-order valence-corrected chi connectivity index (χ0v) is 20.3. The normalized spacial score (nSPS) is 14.4. The molecule has 0 aromatic heterocycles. The minimum Gasteiger partial charge on any atom is -0.421 e. The molecule has 2 aromatic rings. The van der Waals surface area contributed by atoms with Crippen LogP contribution in [0.1, 0.15) is 65.2 Å². The van der Waals surface area contributed by atoms with E-state index in [9.17, 15) is 19.8 Å². The Morgan fingerprint density at radius 3 is 1.56 bits per heavy atom. The highest BCUT2D eigenvalue weighted by molar-refractivity contribution is 6.41. The second-order valence-corrected chi connectivity index (χ2v) is 10.1. The summed E-state index contributed by atoms with van der Waals surface area (Å²) in [5.41, 5.74) is -0.0202. The van der Waals surface area contributed by atoms with Gasteiger partial charge in [0.15, 0.2) is 0 Å². The van der Waals surface area contributed by atoms with Crippen LogP contribution in [-0.4, -0.2) is 34.2 Å². The Hall–Kier alpha value is -2.50. The Bertz CT molecular complexity index is 812. The molecule has 176 valence electrons. The van der Waals surface area contributed by atoms with Crippen molar-refractivity contribution in [2.24, 2.45) is 16.7 Å². The zero-order valence-electron chi connectivity index (χ0n) is 20.3. The number of hydrogen-bond acceptors (Lipinski definition) is 5. The minimum atomic E-state index is -0.873. The zero-order chi connectivity index (χ0) is 24.5. The van der Waals surface area contributed by atoms with E-state index in [0.717, 1.165) is 6.42 Å². The number of hydrogen-bond donors (Lipinski definition) is 2. The van der Waals surface area contributed by atoms with Gasteiger partial charge < -0.3 is 14.9 Å². The summed E-state index contributed by atoms with van der Waals surface area (Å²) in [7, 11) is 0. The van der Waals surface area contributed by atoms with Crippen LogP contribution in [0.25, 0.3) is 0 Å². The Labute approximate surface area is 192 Å². The number of aliphatic hydroxyl groups excluding tert-OH is 2. The van der Waals surface area contributed by atoms with Crippen molar-refractivity contribution in [3.63, 3.8) is 0 Å². The van der Waals surface area contributed by atoms with E-state index in [1.54, 1.807) is 60.7 Å². The molecule has 0 saturated carbocycles. The highest BCUT2D eigenvalue weighted by Crippen LogP contribution is 2.35. The number of aliphatic hydroxyl groups is 2. The molecule has 0 spiro atoms. The molecule has 0 saturated heterocycles. The Kier molecular flexibility index (Phi) is 10.3. The number of carbonyl (C=O) groups is 2. The van der Waals surface area contributed by atoms with Crippen molar-refractivity contribution in [3.8, 4) is 5.75 Å². The van der Waals surface area contributed by atoms with Crippen LogP contribution in [-0.2, 0) is 4.79 Å². The van der Waals surface area contributed by atoms with Crippen LogP contribution < -0.4 is 4.74 Å². The molecule has 0 aliphatic rings. The van der Waals surface area contributed by atoms with E-state index in [4.69, 9.17) is 4.74 Å². The van der Waals surface area contributed by atoms with Crippen molar-refractivity contribution in [3.05, 3.63) is 66.2 Å². The number of rotatable bonds is 6. The molecule has 0 bridgehead atoms. The summed E-state index contributed by atoms with van der Waals surface area (Å²) in [5, 5.41) is 20.4. The molecule has 0 aliphatic heterocycles. The van der Waals surface area contributed by atoms with Crippen molar-refractivity contribution >= 4 is 11.8 Å². The number of para-hydroxylation sites is 1. The van der Waals surface area contributed by atoms with Crippen LogP contribution in [0.4, 0.5) is 0 Å². The number of ketones is 1. The number of ether oxygens (including phenoxy) is 1. The van der Waals surface area contributed by atoms with Gasteiger partial charge in [0, 0.05) is 11.5 Å². The van der Waals surface area contributed by atoms with E-state index in [0.29, 0.717) is 11.3 Å². The average Bonchev–Trinajstić information content (AvgIpc) is 2.74. The summed E-state index contributed by atoms with van der Waals surface area (Å²) < 4.78 is 4.94. The fourth-order valence-corrected chi connectivity index (χ4v) is 3.25. The summed E-state index contributed by atoms with van der Waals surface area (Å²) in [6.45, 7) is 14.1. The molecular weight excluding hydrogens is 404 g/mol. The van der Waals surface area contributed by atoms with Gasteiger partial charge in [-0.2, -0.15) is 0 Å². The minimum absolute atomic E-state index is 0.0509. The van der Waals surface area contributed by atoms with Gasteiger partial charge in [-0.15, -0.1) is 0 Å². The van der Waals surface area contributed by atoms with Crippen LogP contribution in [0, 0.1) is 16.7 Å². The maximum Gasteiger partial charge on any atom is 0.385 e. The van der Waals surface area contributed by atoms with E-state index in [1.165, 1.54) is 0 Å². The topological polar surface area (TPSA) is 83.8 Å². The van der Waals surface area contributed by atoms with E-state index in [2.05, 4.69) is 0 Å². The predicted molar refractivity (Wildman–Crippen MR) is 128 cm³/mol. The second kappa shape index (κ2) is 11.9. The molecule has 0 heterocycles. The lowest BCUT2D eigenvalue weighted by Crippen LogP contribution is -2.45. The first-order valence-corrected chi connectivity index (χ1v) is 11.0. The summed E-state index contributed by atoms with van der Waals surface area (Å²) in [4.78, 5) is 23.2. The summed E-state index contributed by atoms with van der Waals surface area (Å²) in [6, 6.07) is 16.8. The van der Waals surface area contributed by atoms with Gasteiger partial charge in [-0.25, -0.2) is 4.79 Å². The fourth-order valence-electron chi connectivity index (χ4n) is 3.25. The lowest BCUT2D eigenvalue weighted by molar-refractivity contribution is -0.129. The Morgan fingerprint density at radius 1 is 0.781 bits per heavy atom. The smallest absolute Gasteiger partial charge is 0.385 e. The fraction of sp³-hybridized carbons (Fsp3) is 0.481. The quantitative estimate of drug-likeness (QED) is 0.274. The monoisotopic (exact) mass is 442 g/mol. The van der Waals surface area contributed by atoms with Gasteiger partial charge in [0.1, 0.15) is 5.75 Å². The van der Waals surface area contributed by atoms with E-state index >= 15 is 0 Å². The van der Waals surface area contributed by atoms with Crippen molar-refractivity contribution in [1.29, 1.82) is 0 Å². The first kappa shape index (κ1) is 27.5. The molecule has 2 rings (SSSR count). The van der Waals surface area contributed by atoms with Crippen molar-refractivity contribution in [2.75, 3.05) is 0 Å². The molecule has 2 unspecified atom stereocenters. The average molecular weight is 443 g/mol. The third-order valence-corrected chi connectivity index (χ3v) is 5.23. The Balaban J connectivity index is 0.000000324. The SMILES string of the molecule is CCC(C(O)C(C)(C)C)C(O)C(C)(C)C.O=C(Oc1ccccc1)C(=O)c1ccccc1. The molecule has 5 nitrogen and oxygen atoms in total. The molecule has 0 fully saturated rings.